The van der Waals surface area contributed by atoms with Gasteiger partial charge >= 0.3 is 0 Å². The molecule has 0 radical (unpaired) electrons. The molecule has 1 aromatic carbocycles. The Labute approximate surface area is 96.3 Å². The molecule has 0 N–H and O–H groups in total. The molecule has 1 heteroatoms. The van der Waals surface area contributed by atoms with Crippen LogP contribution in [0.25, 0.3) is 5.03 Å². The third kappa shape index (κ3) is 2.97. The standard InChI is InChI=1S/C14H15Cl/c15-14(13-9-5-2-6-10-13)11-12-7-3-1-4-8-12/h2-3,5-7,9-12H,1,4,8H2/b14-11+. The van der Waals surface area contributed by atoms with Gasteiger partial charge in [0.05, 0.1) is 0 Å². The van der Waals surface area contributed by atoms with E-state index in [1.54, 1.807) is 0 Å². The van der Waals surface area contributed by atoms with Gasteiger partial charge in [-0.1, -0.05) is 60.2 Å². The molecule has 2 rings (SSSR count). The number of hydrogen-bond acceptors (Lipinski definition) is 0. The van der Waals surface area contributed by atoms with Crippen molar-refractivity contribution in [1.82, 2.24) is 0 Å². The first-order valence-electron chi connectivity index (χ1n) is 5.45. The minimum absolute atomic E-state index is 0.520. The predicted octanol–water partition coefficient (Wildman–Crippen LogP) is 4.62. The number of benzene rings is 1. The molecule has 1 unspecified atom stereocenters. The van der Waals surface area contributed by atoms with Crippen molar-refractivity contribution in [3.8, 4) is 0 Å². The van der Waals surface area contributed by atoms with Crippen molar-refractivity contribution in [2.24, 2.45) is 5.92 Å². The Morgan fingerprint density at radius 2 is 2.07 bits per heavy atom. The number of rotatable bonds is 2. The van der Waals surface area contributed by atoms with Crippen LogP contribution in [-0.2, 0) is 0 Å². The summed E-state index contributed by atoms with van der Waals surface area (Å²) in [7, 11) is 0. The van der Waals surface area contributed by atoms with Crippen molar-refractivity contribution < 1.29 is 0 Å². The summed E-state index contributed by atoms with van der Waals surface area (Å²) >= 11 is 6.27. The molecule has 1 aliphatic rings. The first kappa shape index (κ1) is 10.5. The van der Waals surface area contributed by atoms with Gasteiger partial charge in [0.2, 0.25) is 0 Å². The van der Waals surface area contributed by atoms with E-state index < -0.39 is 0 Å². The van der Waals surface area contributed by atoms with E-state index in [0.29, 0.717) is 5.92 Å². The summed E-state index contributed by atoms with van der Waals surface area (Å²) in [5, 5.41) is 0.868. The van der Waals surface area contributed by atoms with E-state index in [1.807, 2.05) is 30.3 Å². The second-order valence-electron chi connectivity index (χ2n) is 3.90. The van der Waals surface area contributed by atoms with Crippen LogP contribution < -0.4 is 0 Å². The normalized spacial score (nSPS) is 21.7. The van der Waals surface area contributed by atoms with Crippen LogP contribution in [0.15, 0.2) is 48.6 Å². The molecular weight excluding hydrogens is 204 g/mol. The first-order chi connectivity index (χ1) is 7.36. The van der Waals surface area contributed by atoms with E-state index in [4.69, 9.17) is 11.6 Å². The molecule has 1 aromatic rings. The minimum Gasteiger partial charge on any atom is -0.0879 e. The van der Waals surface area contributed by atoms with Gasteiger partial charge in [0, 0.05) is 5.03 Å². The highest BCUT2D eigenvalue weighted by atomic mass is 35.5. The smallest absolute Gasteiger partial charge is 0.0444 e. The van der Waals surface area contributed by atoms with Crippen LogP contribution in [0.3, 0.4) is 0 Å². The lowest BCUT2D eigenvalue weighted by Crippen LogP contribution is -1.97. The lowest BCUT2D eigenvalue weighted by molar-refractivity contribution is 0.632. The molecule has 0 saturated carbocycles. The predicted molar refractivity (Wildman–Crippen MR) is 66.8 cm³/mol. The summed E-state index contributed by atoms with van der Waals surface area (Å²) in [6, 6.07) is 10.1. The van der Waals surface area contributed by atoms with Gasteiger partial charge < -0.3 is 0 Å². The zero-order valence-corrected chi connectivity index (χ0v) is 9.45. The lowest BCUT2D eigenvalue weighted by atomic mass is 9.95. The topological polar surface area (TPSA) is 0 Å². The fourth-order valence-electron chi connectivity index (χ4n) is 1.86. The summed E-state index contributed by atoms with van der Waals surface area (Å²) in [5.41, 5.74) is 1.11. The fourth-order valence-corrected chi connectivity index (χ4v) is 2.15. The molecule has 0 aromatic heterocycles. The van der Waals surface area contributed by atoms with Crippen LogP contribution in [0.5, 0.6) is 0 Å². The summed E-state index contributed by atoms with van der Waals surface area (Å²) in [6.07, 6.45) is 10.4. The van der Waals surface area contributed by atoms with Crippen LogP contribution in [0, 0.1) is 5.92 Å². The Balaban J connectivity index is 2.13. The average molecular weight is 219 g/mol. The SMILES string of the molecule is Cl/C(=C/C1C=CCCC1)c1ccccc1. The van der Waals surface area contributed by atoms with Crippen molar-refractivity contribution in [3.63, 3.8) is 0 Å². The third-order valence-corrected chi connectivity index (χ3v) is 3.05. The van der Waals surface area contributed by atoms with Crippen LogP contribution in [0.1, 0.15) is 24.8 Å². The van der Waals surface area contributed by atoms with Crippen LogP contribution in [0.2, 0.25) is 0 Å². The van der Waals surface area contributed by atoms with Crippen LogP contribution >= 0.6 is 11.6 Å². The van der Waals surface area contributed by atoms with Crippen molar-refractivity contribution >= 4 is 16.6 Å². The molecule has 0 fully saturated rings. The molecule has 0 nitrogen and oxygen atoms in total. The fraction of sp³-hybridized carbons (Fsp3) is 0.286. The Morgan fingerprint density at radius 1 is 1.27 bits per heavy atom. The molecule has 0 bridgehead atoms. The molecule has 0 saturated heterocycles. The largest absolute Gasteiger partial charge is 0.0879 e. The molecule has 1 aliphatic carbocycles. The summed E-state index contributed by atoms with van der Waals surface area (Å²) in [4.78, 5) is 0. The summed E-state index contributed by atoms with van der Waals surface area (Å²) in [5.74, 6) is 0.520. The van der Waals surface area contributed by atoms with Gasteiger partial charge in [0.25, 0.3) is 0 Å². The molecule has 0 heterocycles. The highest BCUT2D eigenvalue weighted by Crippen LogP contribution is 2.25. The molecular formula is C14H15Cl. The first-order valence-corrected chi connectivity index (χ1v) is 5.83. The second kappa shape index (κ2) is 5.18. The Hall–Kier alpha value is -1.01. The van der Waals surface area contributed by atoms with E-state index in [-0.39, 0.29) is 0 Å². The zero-order chi connectivity index (χ0) is 10.5. The Kier molecular flexibility index (Phi) is 3.63. The molecule has 15 heavy (non-hydrogen) atoms. The van der Waals surface area contributed by atoms with Gasteiger partial charge in [-0.3, -0.25) is 0 Å². The van der Waals surface area contributed by atoms with Gasteiger partial charge in [-0.25, -0.2) is 0 Å². The average Bonchev–Trinajstić information content (AvgIpc) is 2.31. The molecule has 0 aliphatic heterocycles. The van der Waals surface area contributed by atoms with Gasteiger partial charge in [-0.2, -0.15) is 0 Å². The summed E-state index contributed by atoms with van der Waals surface area (Å²) in [6.45, 7) is 0. The zero-order valence-electron chi connectivity index (χ0n) is 8.70. The molecule has 1 atom stereocenters. The van der Waals surface area contributed by atoms with Gasteiger partial charge in [0.1, 0.15) is 0 Å². The van der Waals surface area contributed by atoms with E-state index in [0.717, 1.165) is 10.6 Å². The van der Waals surface area contributed by atoms with Crippen molar-refractivity contribution in [2.45, 2.75) is 19.3 Å². The lowest BCUT2D eigenvalue weighted by Gasteiger charge is -2.12. The molecule has 78 valence electrons. The second-order valence-corrected chi connectivity index (χ2v) is 4.31. The van der Waals surface area contributed by atoms with Crippen molar-refractivity contribution in [1.29, 1.82) is 0 Å². The quantitative estimate of drug-likeness (QED) is 0.636. The van der Waals surface area contributed by atoms with Crippen molar-refractivity contribution in [3.05, 3.63) is 54.1 Å². The molecule has 0 spiro atoms. The van der Waals surface area contributed by atoms with Gasteiger partial charge in [-0.05, 0) is 30.7 Å². The van der Waals surface area contributed by atoms with Crippen molar-refractivity contribution in [2.75, 3.05) is 0 Å². The van der Waals surface area contributed by atoms with E-state index in [9.17, 15) is 0 Å². The van der Waals surface area contributed by atoms with E-state index in [1.165, 1.54) is 19.3 Å². The monoisotopic (exact) mass is 218 g/mol. The highest BCUT2D eigenvalue weighted by Gasteiger charge is 2.06. The Bertz CT molecular complexity index is 362. The van der Waals surface area contributed by atoms with Crippen LogP contribution in [-0.4, -0.2) is 0 Å². The maximum absolute atomic E-state index is 6.27. The third-order valence-electron chi connectivity index (χ3n) is 2.70. The van der Waals surface area contributed by atoms with Crippen LogP contribution in [0.4, 0.5) is 0 Å². The summed E-state index contributed by atoms with van der Waals surface area (Å²) < 4.78 is 0. The number of allylic oxidation sites excluding steroid dienone is 3. The molecule has 0 amide bonds. The van der Waals surface area contributed by atoms with Gasteiger partial charge in [0.15, 0.2) is 0 Å². The highest BCUT2D eigenvalue weighted by molar-refractivity contribution is 6.48. The minimum atomic E-state index is 0.520. The Morgan fingerprint density at radius 3 is 2.73 bits per heavy atom. The maximum Gasteiger partial charge on any atom is 0.0444 e. The van der Waals surface area contributed by atoms with E-state index >= 15 is 0 Å². The number of halogens is 1. The van der Waals surface area contributed by atoms with E-state index in [2.05, 4.69) is 18.2 Å². The maximum atomic E-state index is 6.27. The van der Waals surface area contributed by atoms with Gasteiger partial charge in [-0.15, -0.1) is 0 Å². The number of hydrogen-bond donors (Lipinski definition) is 0.